The third-order valence-electron chi connectivity index (χ3n) is 7.23. The molecule has 2 fully saturated rings. The third-order valence-corrected chi connectivity index (χ3v) is 7.49. The van der Waals surface area contributed by atoms with E-state index < -0.39 is 48.1 Å². The van der Waals surface area contributed by atoms with Crippen molar-refractivity contribution < 1.29 is 43.9 Å². The van der Waals surface area contributed by atoms with E-state index in [4.69, 9.17) is 21.1 Å². The number of ketones is 1. The summed E-state index contributed by atoms with van der Waals surface area (Å²) < 4.78 is 24.8. The second-order valence-corrected chi connectivity index (χ2v) is 10.2. The summed E-state index contributed by atoms with van der Waals surface area (Å²) in [5, 5.41) is 40.7. The first-order valence-electron chi connectivity index (χ1n) is 12.5. The molecule has 2 aromatic carbocycles. The number of hydrogen-bond acceptors (Lipinski definition) is 8. The lowest BCUT2D eigenvalue weighted by Gasteiger charge is -2.47. The number of Topliss-reactive ketones (excluding diaryl/α,β-unsaturated/α-hetero) is 1. The molecular formula is C27H31ClFNO8. The molecule has 2 aliphatic rings. The summed E-state index contributed by atoms with van der Waals surface area (Å²) in [4.78, 5) is 26.1. The van der Waals surface area contributed by atoms with E-state index in [1.165, 1.54) is 24.3 Å². The lowest BCUT2D eigenvalue weighted by atomic mass is 9.83. The number of piperidine rings is 1. The van der Waals surface area contributed by atoms with Gasteiger partial charge in [0.1, 0.15) is 24.1 Å². The predicted octanol–water partition coefficient (Wildman–Crippen LogP) is 2.34. The fourth-order valence-corrected chi connectivity index (χ4v) is 5.11. The summed E-state index contributed by atoms with van der Waals surface area (Å²) in [6.45, 7) is 1.80. The molecule has 2 aromatic rings. The largest absolute Gasteiger partial charge is 0.479 e. The predicted molar refractivity (Wildman–Crippen MR) is 134 cm³/mol. The van der Waals surface area contributed by atoms with Crippen LogP contribution in [0, 0.1) is 5.82 Å². The fraction of sp³-hybridized carbons (Fsp3) is 0.481. The summed E-state index contributed by atoms with van der Waals surface area (Å²) in [5.41, 5.74) is 0.233. The Labute approximate surface area is 224 Å². The maximum absolute atomic E-state index is 13.1. The van der Waals surface area contributed by atoms with Gasteiger partial charge in [-0.2, -0.15) is 0 Å². The van der Waals surface area contributed by atoms with Crippen molar-refractivity contribution in [2.45, 2.75) is 62.0 Å². The van der Waals surface area contributed by atoms with Crippen LogP contribution in [0.25, 0.3) is 0 Å². The number of carbonyl (C=O) groups is 2. The van der Waals surface area contributed by atoms with E-state index >= 15 is 0 Å². The summed E-state index contributed by atoms with van der Waals surface area (Å²) in [5.74, 6) is -1.93. The second-order valence-electron chi connectivity index (χ2n) is 9.73. The maximum atomic E-state index is 13.1. The Kier molecular flexibility index (Phi) is 9.15. The highest BCUT2D eigenvalue weighted by atomic mass is 35.5. The molecular weight excluding hydrogens is 521 g/mol. The van der Waals surface area contributed by atoms with E-state index in [1.807, 2.05) is 0 Å². The van der Waals surface area contributed by atoms with Crippen LogP contribution in [0.4, 0.5) is 4.39 Å². The minimum Gasteiger partial charge on any atom is -0.479 e. The molecule has 2 aliphatic heterocycles. The van der Waals surface area contributed by atoms with Gasteiger partial charge in [0, 0.05) is 30.1 Å². The van der Waals surface area contributed by atoms with Crippen molar-refractivity contribution in [3.8, 4) is 0 Å². The molecule has 2 saturated heterocycles. The average Bonchev–Trinajstić information content (AvgIpc) is 2.90. The fourth-order valence-electron chi connectivity index (χ4n) is 4.98. The molecule has 0 saturated carbocycles. The van der Waals surface area contributed by atoms with Gasteiger partial charge in [-0.15, -0.1) is 0 Å². The number of halogens is 2. The van der Waals surface area contributed by atoms with Crippen LogP contribution in [0.15, 0.2) is 48.5 Å². The van der Waals surface area contributed by atoms with Crippen molar-refractivity contribution in [3.05, 3.63) is 70.5 Å². The summed E-state index contributed by atoms with van der Waals surface area (Å²) >= 11 is 6.07. The molecule has 11 heteroatoms. The van der Waals surface area contributed by atoms with Crippen molar-refractivity contribution >= 4 is 23.4 Å². The Balaban J connectivity index is 1.42. The van der Waals surface area contributed by atoms with Gasteiger partial charge in [-0.1, -0.05) is 23.7 Å². The summed E-state index contributed by atoms with van der Waals surface area (Å²) in [7, 11) is 0. The number of rotatable bonds is 9. The Morgan fingerprint density at radius 1 is 1.00 bits per heavy atom. The van der Waals surface area contributed by atoms with Crippen LogP contribution >= 0.6 is 11.6 Å². The van der Waals surface area contributed by atoms with Gasteiger partial charge >= 0.3 is 5.97 Å². The molecule has 9 nitrogen and oxygen atoms in total. The molecule has 0 amide bonds. The highest BCUT2D eigenvalue weighted by Crippen LogP contribution is 2.40. The Morgan fingerprint density at radius 2 is 1.63 bits per heavy atom. The molecule has 0 spiro atoms. The molecule has 0 radical (unpaired) electrons. The minimum atomic E-state index is -1.81. The smallest absolute Gasteiger partial charge is 0.335 e. The second kappa shape index (κ2) is 12.2. The molecule has 0 aromatic heterocycles. The van der Waals surface area contributed by atoms with Crippen LogP contribution in [0.1, 0.15) is 41.6 Å². The molecule has 2 heterocycles. The molecule has 3 unspecified atom stereocenters. The Morgan fingerprint density at radius 3 is 2.24 bits per heavy atom. The van der Waals surface area contributed by atoms with Gasteiger partial charge in [0.2, 0.25) is 0 Å². The molecule has 0 aliphatic carbocycles. The first-order valence-corrected chi connectivity index (χ1v) is 12.8. The first-order chi connectivity index (χ1) is 18.1. The Bertz CT molecular complexity index is 1110. The number of benzene rings is 2. The van der Waals surface area contributed by atoms with Gasteiger partial charge in [0.25, 0.3) is 0 Å². The zero-order valence-electron chi connectivity index (χ0n) is 20.6. The number of likely N-dealkylation sites (tertiary alicyclic amines) is 1. The number of carboxylic acid groups (broad SMARTS) is 1. The van der Waals surface area contributed by atoms with Crippen LogP contribution < -0.4 is 0 Å². The molecule has 206 valence electrons. The van der Waals surface area contributed by atoms with Crippen LogP contribution in [0.2, 0.25) is 5.02 Å². The third kappa shape index (κ3) is 6.40. The molecule has 5 atom stereocenters. The highest BCUT2D eigenvalue weighted by molar-refractivity contribution is 6.30. The van der Waals surface area contributed by atoms with Gasteiger partial charge in [-0.25, -0.2) is 9.18 Å². The van der Waals surface area contributed by atoms with Gasteiger partial charge < -0.3 is 34.8 Å². The van der Waals surface area contributed by atoms with Crippen LogP contribution in [-0.2, 0) is 19.9 Å². The van der Waals surface area contributed by atoms with Crippen molar-refractivity contribution in [2.24, 2.45) is 0 Å². The van der Waals surface area contributed by atoms with Crippen molar-refractivity contribution in [3.63, 3.8) is 0 Å². The molecule has 4 N–H and O–H groups in total. The van der Waals surface area contributed by atoms with Gasteiger partial charge in [0.15, 0.2) is 18.2 Å². The van der Waals surface area contributed by atoms with Gasteiger partial charge in [-0.3, -0.25) is 4.79 Å². The molecule has 0 bridgehead atoms. The number of aliphatic carboxylic acids is 1. The molecule has 38 heavy (non-hydrogen) atoms. The van der Waals surface area contributed by atoms with Gasteiger partial charge in [-0.05, 0) is 67.8 Å². The average molecular weight is 552 g/mol. The number of carboxylic acids is 1. The van der Waals surface area contributed by atoms with E-state index in [0.717, 1.165) is 5.56 Å². The zero-order valence-corrected chi connectivity index (χ0v) is 21.3. The maximum Gasteiger partial charge on any atom is 0.335 e. The lowest BCUT2D eigenvalue weighted by molar-refractivity contribution is -0.327. The number of aliphatic hydroxyl groups is 3. The lowest BCUT2D eigenvalue weighted by Crippen LogP contribution is -2.62. The zero-order chi connectivity index (χ0) is 27.4. The van der Waals surface area contributed by atoms with Crippen molar-refractivity contribution in [1.82, 2.24) is 4.90 Å². The number of nitrogens with zero attached hydrogens (tertiary/aromatic N) is 1. The van der Waals surface area contributed by atoms with Crippen LogP contribution in [-0.4, -0.2) is 87.4 Å². The quantitative estimate of drug-likeness (QED) is 0.346. The van der Waals surface area contributed by atoms with E-state index in [9.17, 15) is 34.4 Å². The monoisotopic (exact) mass is 551 g/mol. The summed E-state index contributed by atoms with van der Waals surface area (Å²) in [6, 6.07) is 12.5. The number of carbonyl (C=O) groups excluding carboxylic acids is 1. The topological polar surface area (TPSA) is 137 Å². The molecule has 4 rings (SSSR count). The minimum absolute atomic E-state index is 0.0574. The standard InChI is InChI=1S/C27H31ClFNO8/c28-18-7-5-17(6-8-18)27(38-26-23(34)21(32)22(33)24(37-26)25(35)36)11-14-30(15-12-27)13-1-2-20(31)16-3-9-19(29)10-4-16/h3-10,21-24,26,32-34H,1-2,11-15H2,(H,35,36)/t21?,22-,23?,24?,26-/m0/s1. The summed E-state index contributed by atoms with van der Waals surface area (Å²) in [6.07, 6.45) is -6.68. The first kappa shape index (κ1) is 28.6. The van der Waals surface area contributed by atoms with Gasteiger partial charge in [0.05, 0.1) is 5.60 Å². The number of hydrogen-bond donors (Lipinski definition) is 4. The van der Waals surface area contributed by atoms with E-state index in [2.05, 4.69) is 4.90 Å². The number of ether oxygens (including phenoxy) is 2. The van der Waals surface area contributed by atoms with Crippen molar-refractivity contribution in [2.75, 3.05) is 19.6 Å². The van der Waals surface area contributed by atoms with E-state index in [0.29, 0.717) is 55.9 Å². The normalized spacial score (nSPS) is 27.7. The highest BCUT2D eigenvalue weighted by Gasteiger charge is 2.50. The van der Waals surface area contributed by atoms with Crippen LogP contribution in [0.5, 0.6) is 0 Å². The van der Waals surface area contributed by atoms with E-state index in [-0.39, 0.29) is 5.78 Å². The van der Waals surface area contributed by atoms with E-state index in [1.54, 1.807) is 24.3 Å². The van der Waals surface area contributed by atoms with Crippen molar-refractivity contribution in [1.29, 1.82) is 0 Å². The van der Waals surface area contributed by atoms with Crippen LogP contribution in [0.3, 0.4) is 0 Å². The Hall–Kier alpha value is -2.44. The SMILES string of the molecule is O=C(CCCN1CCC(O[C@@H]2OC(C(=O)O)[C@@H](O)C(O)C2O)(c2ccc(Cl)cc2)CC1)c1ccc(F)cc1. The number of aliphatic hydroxyl groups excluding tert-OH is 3.